The number of halogens is 6. The molecule has 4 nitrogen and oxygen atoms in total. The molecule has 0 radical (unpaired) electrons. The molecule has 0 saturated heterocycles. The van der Waals surface area contributed by atoms with Gasteiger partial charge in [-0.05, 0) is 0 Å². The summed E-state index contributed by atoms with van der Waals surface area (Å²) in [5, 5.41) is 0. The molecule has 0 unspecified atom stereocenters. The molecule has 1 aromatic rings. The van der Waals surface area contributed by atoms with Crippen molar-refractivity contribution in [3.05, 3.63) is 32.7 Å². The second-order valence-electron chi connectivity index (χ2n) is 7.33. The summed E-state index contributed by atoms with van der Waals surface area (Å²) in [5.41, 5.74) is -2.32. The Labute approximate surface area is 155 Å². The third-order valence-corrected chi connectivity index (χ3v) is 6.24. The molecule has 0 fully saturated rings. The van der Waals surface area contributed by atoms with E-state index < -0.39 is 76.1 Å². The molecule has 0 bridgehead atoms. The average Bonchev–Trinajstić information content (AvgIpc) is 2.49. The SMILES string of the molecule is CC(C)(C)C(=O)OI(OC(=O)C(C)(C)C)c1c(F)c(F)c(F)c(F)c1F. The van der Waals surface area contributed by atoms with Crippen LogP contribution >= 0.6 is 20.6 Å². The first-order chi connectivity index (χ1) is 11.6. The van der Waals surface area contributed by atoms with Crippen LogP contribution in [0.25, 0.3) is 0 Å². The quantitative estimate of drug-likeness (QED) is 0.254. The summed E-state index contributed by atoms with van der Waals surface area (Å²) in [6, 6.07) is 0. The van der Waals surface area contributed by atoms with E-state index in [2.05, 4.69) is 0 Å². The van der Waals surface area contributed by atoms with Crippen LogP contribution in [0.4, 0.5) is 22.0 Å². The van der Waals surface area contributed by atoms with Gasteiger partial charge in [-0.1, -0.05) is 0 Å². The average molecular weight is 496 g/mol. The first kappa shape index (κ1) is 22.6. The van der Waals surface area contributed by atoms with Crippen LogP contribution < -0.4 is 0 Å². The number of carbonyl (C=O) groups is 2. The summed E-state index contributed by atoms with van der Waals surface area (Å²) in [5.74, 6) is -13.2. The molecule has 1 aromatic carbocycles. The standard InChI is InChI=1S/C16H18F5IO4/c1-15(2,3)13(23)25-22(26-14(24)16(4,5)6)12-10(20)8(18)7(17)9(19)11(12)21/h1-6H3. The molecule has 0 spiro atoms. The maximum atomic E-state index is 14.1. The van der Waals surface area contributed by atoms with Gasteiger partial charge in [-0.15, -0.1) is 0 Å². The zero-order valence-corrected chi connectivity index (χ0v) is 17.1. The van der Waals surface area contributed by atoms with Crippen molar-refractivity contribution >= 4 is 32.6 Å². The van der Waals surface area contributed by atoms with E-state index in [1.165, 1.54) is 41.5 Å². The fourth-order valence-electron chi connectivity index (χ4n) is 1.17. The van der Waals surface area contributed by atoms with Crippen molar-refractivity contribution in [1.29, 1.82) is 0 Å². The van der Waals surface area contributed by atoms with Gasteiger partial charge in [0.1, 0.15) is 0 Å². The normalized spacial score (nSPS) is 12.7. The van der Waals surface area contributed by atoms with Gasteiger partial charge in [-0.2, -0.15) is 0 Å². The predicted octanol–water partition coefficient (Wildman–Crippen LogP) is 5.07. The van der Waals surface area contributed by atoms with Crippen LogP contribution in [-0.4, -0.2) is 11.9 Å². The van der Waals surface area contributed by atoms with Gasteiger partial charge in [-0.3, -0.25) is 0 Å². The number of rotatable bonds is 3. The van der Waals surface area contributed by atoms with Crippen molar-refractivity contribution in [2.45, 2.75) is 41.5 Å². The van der Waals surface area contributed by atoms with Gasteiger partial charge in [0.25, 0.3) is 0 Å². The molecule has 10 heteroatoms. The summed E-state index contributed by atoms with van der Waals surface area (Å²) < 4.78 is 76.8. The molecule has 148 valence electrons. The fraction of sp³-hybridized carbons (Fsp3) is 0.500. The molecular weight excluding hydrogens is 478 g/mol. The Bertz CT molecular complexity index is 681. The molecule has 0 saturated carbocycles. The third-order valence-electron chi connectivity index (χ3n) is 2.82. The molecular formula is C16H18F5IO4. The van der Waals surface area contributed by atoms with Gasteiger partial charge in [0, 0.05) is 0 Å². The van der Waals surface area contributed by atoms with Crippen LogP contribution in [-0.2, 0) is 15.7 Å². The Morgan fingerprint density at radius 2 is 0.923 bits per heavy atom. The molecule has 0 heterocycles. The summed E-state index contributed by atoms with van der Waals surface area (Å²) >= 11 is -4.38. The Balaban J connectivity index is 3.51. The van der Waals surface area contributed by atoms with E-state index >= 15 is 0 Å². The van der Waals surface area contributed by atoms with Crippen LogP contribution in [0.2, 0.25) is 0 Å². The van der Waals surface area contributed by atoms with Gasteiger partial charge >= 0.3 is 155 Å². The zero-order chi connectivity index (χ0) is 20.6. The van der Waals surface area contributed by atoms with E-state index in [9.17, 15) is 31.5 Å². The van der Waals surface area contributed by atoms with Crippen molar-refractivity contribution in [1.82, 2.24) is 0 Å². The summed E-state index contributed by atoms with van der Waals surface area (Å²) in [6.07, 6.45) is 0. The molecule has 0 atom stereocenters. The Morgan fingerprint density at radius 1 is 0.654 bits per heavy atom. The summed E-state index contributed by atoms with van der Waals surface area (Å²) in [6.45, 7) is 8.46. The van der Waals surface area contributed by atoms with Gasteiger partial charge in [-0.25, -0.2) is 0 Å². The molecule has 0 aliphatic carbocycles. The van der Waals surface area contributed by atoms with E-state index in [0.29, 0.717) is 0 Å². The Kier molecular flexibility index (Phi) is 6.64. The Morgan fingerprint density at radius 3 is 1.19 bits per heavy atom. The number of hydrogen-bond donors (Lipinski definition) is 0. The van der Waals surface area contributed by atoms with Gasteiger partial charge < -0.3 is 0 Å². The van der Waals surface area contributed by atoms with Crippen LogP contribution in [0.15, 0.2) is 0 Å². The number of benzene rings is 1. The van der Waals surface area contributed by atoms with Crippen molar-refractivity contribution in [3.8, 4) is 0 Å². The van der Waals surface area contributed by atoms with E-state index in [-0.39, 0.29) is 0 Å². The fourth-order valence-corrected chi connectivity index (χ4v) is 4.99. The topological polar surface area (TPSA) is 52.6 Å². The molecule has 0 N–H and O–H groups in total. The van der Waals surface area contributed by atoms with Crippen LogP contribution in [0.5, 0.6) is 0 Å². The van der Waals surface area contributed by atoms with Crippen molar-refractivity contribution in [2.24, 2.45) is 10.8 Å². The van der Waals surface area contributed by atoms with Crippen molar-refractivity contribution in [2.75, 3.05) is 0 Å². The minimum absolute atomic E-state index is 1.01. The van der Waals surface area contributed by atoms with E-state index in [4.69, 9.17) is 6.13 Å². The van der Waals surface area contributed by atoms with Crippen molar-refractivity contribution in [3.63, 3.8) is 0 Å². The molecule has 1 rings (SSSR count). The maximum absolute atomic E-state index is 14.1. The van der Waals surface area contributed by atoms with Crippen LogP contribution in [0.3, 0.4) is 0 Å². The zero-order valence-electron chi connectivity index (χ0n) is 14.9. The molecule has 0 aromatic heterocycles. The van der Waals surface area contributed by atoms with Crippen LogP contribution in [0.1, 0.15) is 41.5 Å². The second-order valence-corrected chi connectivity index (χ2v) is 10.5. The van der Waals surface area contributed by atoms with E-state index in [0.717, 1.165) is 0 Å². The van der Waals surface area contributed by atoms with Gasteiger partial charge in [0.2, 0.25) is 0 Å². The van der Waals surface area contributed by atoms with Crippen molar-refractivity contribution < 1.29 is 37.7 Å². The molecule has 0 amide bonds. The molecule has 0 aliphatic rings. The van der Waals surface area contributed by atoms with Crippen LogP contribution in [0, 0.1) is 43.5 Å². The second kappa shape index (κ2) is 7.65. The predicted molar refractivity (Wildman–Crippen MR) is 90.0 cm³/mol. The van der Waals surface area contributed by atoms with Gasteiger partial charge in [0.05, 0.1) is 0 Å². The third kappa shape index (κ3) is 4.83. The first-order valence-corrected chi connectivity index (χ1v) is 10.1. The first-order valence-electron chi connectivity index (χ1n) is 7.26. The molecule has 0 aliphatic heterocycles. The Hall–Kier alpha value is -1.46. The van der Waals surface area contributed by atoms with Gasteiger partial charge in [0.15, 0.2) is 0 Å². The monoisotopic (exact) mass is 496 g/mol. The summed E-state index contributed by atoms with van der Waals surface area (Å²) in [7, 11) is 0. The molecule has 26 heavy (non-hydrogen) atoms. The van der Waals surface area contributed by atoms with E-state index in [1.807, 2.05) is 0 Å². The number of hydrogen-bond acceptors (Lipinski definition) is 4. The van der Waals surface area contributed by atoms with E-state index in [1.54, 1.807) is 0 Å². The summed E-state index contributed by atoms with van der Waals surface area (Å²) in [4.78, 5) is 24.1. The number of carbonyl (C=O) groups excluding carboxylic acids is 2. The minimum atomic E-state index is -4.38.